The lowest BCUT2D eigenvalue weighted by Crippen LogP contribution is -2.42. The number of piperidine rings is 1. The number of carbonyl (C=O) groups is 1. The molecule has 110 valence electrons. The molecule has 4 nitrogen and oxygen atoms in total. The Morgan fingerprint density at radius 2 is 2.15 bits per heavy atom. The quantitative estimate of drug-likeness (QED) is 0.782. The molecule has 1 fully saturated rings. The van der Waals surface area contributed by atoms with Crippen molar-refractivity contribution in [1.82, 2.24) is 9.88 Å². The predicted molar refractivity (Wildman–Crippen MR) is 78.5 cm³/mol. The molecule has 20 heavy (non-hydrogen) atoms. The second kappa shape index (κ2) is 5.81. The third kappa shape index (κ3) is 3.71. The zero-order valence-electron chi connectivity index (χ0n) is 12.8. The molecular weight excluding hydrogens is 252 g/mol. The van der Waals surface area contributed by atoms with Crippen molar-refractivity contribution in [2.75, 3.05) is 6.54 Å². The van der Waals surface area contributed by atoms with Crippen LogP contribution in [0.2, 0.25) is 0 Å². The van der Waals surface area contributed by atoms with Gasteiger partial charge in [0.2, 0.25) is 0 Å². The predicted octanol–water partition coefficient (Wildman–Crippen LogP) is 3.85. The molecule has 0 N–H and O–H groups in total. The number of carbonyl (C=O) groups excluding carboxylic acids is 1. The molecule has 0 radical (unpaired) electrons. The molecule has 0 aromatic carbocycles. The maximum Gasteiger partial charge on any atom is 0.410 e. The second-order valence-corrected chi connectivity index (χ2v) is 6.44. The van der Waals surface area contributed by atoms with Crippen molar-refractivity contribution in [3.8, 4) is 0 Å². The van der Waals surface area contributed by atoms with Crippen LogP contribution in [0, 0.1) is 6.92 Å². The minimum Gasteiger partial charge on any atom is -0.444 e. The van der Waals surface area contributed by atoms with Gasteiger partial charge in [-0.15, -0.1) is 0 Å². The third-order valence-electron chi connectivity index (χ3n) is 3.41. The van der Waals surface area contributed by atoms with E-state index in [1.54, 1.807) is 0 Å². The average molecular weight is 276 g/mol. The fraction of sp³-hybridized carbons (Fsp3) is 0.625. The van der Waals surface area contributed by atoms with Crippen LogP contribution in [-0.2, 0) is 4.74 Å². The van der Waals surface area contributed by atoms with E-state index in [1.165, 1.54) is 5.56 Å². The molecule has 1 aromatic heterocycles. The van der Waals surface area contributed by atoms with Crippen molar-refractivity contribution >= 4 is 6.09 Å². The van der Waals surface area contributed by atoms with E-state index in [9.17, 15) is 4.79 Å². The van der Waals surface area contributed by atoms with Gasteiger partial charge in [0.25, 0.3) is 0 Å². The van der Waals surface area contributed by atoms with Crippen molar-refractivity contribution in [2.45, 2.75) is 58.6 Å². The molecule has 0 unspecified atom stereocenters. The van der Waals surface area contributed by atoms with E-state index in [4.69, 9.17) is 4.74 Å². The van der Waals surface area contributed by atoms with Gasteiger partial charge in [0, 0.05) is 12.7 Å². The summed E-state index contributed by atoms with van der Waals surface area (Å²) in [6.45, 7) is 8.49. The highest BCUT2D eigenvalue weighted by Crippen LogP contribution is 2.31. The Kier molecular flexibility index (Phi) is 4.31. The number of aromatic nitrogens is 1. The lowest BCUT2D eigenvalue weighted by molar-refractivity contribution is 0.00899. The molecule has 4 heteroatoms. The van der Waals surface area contributed by atoms with E-state index in [0.717, 1.165) is 31.5 Å². The Morgan fingerprint density at radius 1 is 1.40 bits per heavy atom. The number of ether oxygens (including phenoxy) is 1. The summed E-state index contributed by atoms with van der Waals surface area (Å²) < 4.78 is 5.52. The Morgan fingerprint density at radius 3 is 2.80 bits per heavy atom. The molecule has 2 heterocycles. The first-order chi connectivity index (χ1) is 9.37. The Balaban J connectivity index is 2.19. The van der Waals surface area contributed by atoms with Gasteiger partial charge in [-0.25, -0.2) is 4.79 Å². The van der Waals surface area contributed by atoms with Crippen LogP contribution < -0.4 is 0 Å². The van der Waals surface area contributed by atoms with Crippen LogP contribution in [0.3, 0.4) is 0 Å². The van der Waals surface area contributed by atoms with Gasteiger partial charge in [-0.3, -0.25) is 9.88 Å². The summed E-state index contributed by atoms with van der Waals surface area (Å²) >= 11 is 0. The van der Waals surface area contributed by atoms with Crippen molar-refractivity contribution in [2.24, 2.45) is 0 Å². The zero-order chi connectivity index (χ0) is 14.8. The van der Waals surface area contributed by atoms with Crippen LogP contribution in [0.5, 0.6) is 0 Å². The summed E-state index contributed by atoms with van der Waals surface area (Å²) in [4.78, 5) is 18.6. The van der Waals surface area contributed by atoms with Gasteiger partial charge in [0.05, 0.1) is 11.7 Å². The zero-order valence-corrected chi connectivity index (χ0v) is 12.8. The minimum absolute atomic E-state index is 0.0403. The van der Waals surface area contributed by atoms with Gasteiger partial charge >= 0.3 is 6.09 Å². The van der Waals surface area contributed by atoms with Gasteiger partial charge in [-0.05, 0) is 64.7 Å². The number of hydrogen-bond acceptors (Lipinski definition) is 3. The normalized spacial score (nSPS) is 19.8. The number of rotatable bonds is 1. The molecule has 1 atom stereocenters. The van der Waals surface area contributed by atoms with Gasteiger partial charge < -0.3 is 4.74 Å². The highest BCUT2D eigenvalue weighted by Gasteiger charge is 2.32. The van der Waals surface area contributed by atoms with E-state index >= 15 is 0 Å². The smallest absolute Gasteiger partial charge is 0.410 e. The summed E-state index contributed by atoms with van der Waals surface area (Å²) in [6, 6.07) is 4.08. The first-order valence-corrected chi connectivity index (χ1v) is 7.29. The van der Waals surface area contributed by atoms with Crippen molar-refractivity contribution in [3.63, 3.8) is 0 Å². The summed E-state index contributed by atoms with van der Waals surface area (Å²) in [7, 11) is 0. The van der Waals surface area contributed by atoms with Crippen LogP contribution in [0.4, 0.5) is 4.79 Å². The molecule has 1 aliphatic heterocycles. The first-order valence-electron chi connectivity index (χ1n) is 7.29. The van der Waals surface area contributed by atoms with E-state index in [-0.39, 0.29) is 12.1 Å². The minimum atomic E-state index is -0.459. The molecule has 2 rings (SSSR count). The molecule has 0 aliphatic carbocycles. The summed E-state index contributed by atoms with van der Waals surface area (Å²) in [5.41, 5.74) is 1.68. The lowest BCUT2D eigenvalue weighted by Gasteiger charge is -2.36. The van der Waals surface area contributed by atoms with Crippen LogP contribution in [0.25, 0.3) is 0 Å². The number of likely N-dealkylation sites (tertiary alicyclic amines) is 1. The van der Waals surface area contributed by atoms with E-state index in [0.29, 0.717) is 0 Å². The lowest BCUT2D eigenvalue weighted by atomic mass is 9.98. The number of pyridine rings is 1. The molecule has 1 aromatic rings. The van der Waals surface area contributed by atoms with Crippen LogP contribution >= 0.6 is 0 Å². The van der Waals surface area contributed by atoms with Crippen LogP contribution in [0.15, 0.2) is 18.3 Å². The van der Waals surface area contributed by atoms with Crippen LogP contribution in [-0.4, -0.2) is 28.1 Å². The van der Waals surface area contributed by atoms with Crippen molar-refractivity contribution in [3.05, 3.63) is 29.6 Å². The standard InChI is InChI=1S/C16H24N2O2/c1-12-8-9-17-13(11-12)14-7-5-6-10-18(14)15(19)20-16(2,3)4/h8-9,11,14H,5-7,10H2,1-4H3/t14-/m0/s1. The average Bonchev–Trinajstić information content (AvgIpc) is 2.37. The Labute approximate surface area is 121 Å². The Bertz CT molecular complexity index is 480. The van der Waals surface area contributed by atoms with E-state index < -0.39 is 5.60 Å². The second-order valence-electron chi connectivity index (χ2n) is 6.44. The van der Waals surface area contributed by atoms with Crippen molar-refractivity contribution < 1.29 is 9.53 Å². The summed E-state index contributed by atoms with van der Waals surface area (Å²) in [6.07, 6.45) is 4.69. The molecule has 0 bridgehead atoms. The van der Waals surface area contributed by atoms with E-state index in [2.05, 4.69) is 11.1 Å². The summed E-state index contributed by atoms with van der Waals surface area (Å²) in [5, 5.41) is 0. The molecule has 1 amide bonds. The maximum atomic E-state index is 12.4. The maximum absolute atomic E-state index is 12.4. The largest absolute Gasteiger partial charge is 0.444 e. The Hall–Kier alpha value is -1.58. The number of nitrogens with zero attached hydrogens (tertiary/aromatic N) is 2. The first kappa shape index (κ1) is 14.8. The van der Waals surface area contributed by atoms with Crippen molar-refractivity contribution in [1.29, 1.82) is 0 Å². The third-order valence-corrected chi connectivity index (χ3v) is 3.41. The number of aryl methyl sites for hydroxylation is 1. The van der Waals surface area contributed by atoms with Gasteiger partial charge in [-0.2, -0.15) is 0 Å². The highest BCUT2D eigenvalue weighted by atomic mass is 16.6. The monoisotopic (exact) mass is 276 g/mol. The molecule has 0 spiro atoms. The van der Waals surface area contributed by atoms with Gasteiger partial charge in [0.1, 0.15) is 5.60 Å². The summed E-state index contributed by atoms with van der Waals surface area (Å²) in [5.74, 6) is 0. The van der Waals surface area contributed by atoms with Crippen LogP contribution in [0.1, 0.15) is 57.3 Å². The SMILES string of the molecule is Cc1ccnc([C@@H]2CCCCN2C(=O)OC(C)(C)C)c1. The molecule has 1 saturated heterocycles. The fourth-order valence-corrected chi connectivity index (χ4v) is 2.52. The molecule has 1 aliphatic rings. The van der Waals surface area contributed by atoms with Gasteiger partial charge in [-0.1, -0.05) is 0 Å². The van der Waals surface area contributed by atoms with E-state index in [1.807, 2.05) is 44.9 Å². The highest BCUT2D eigenvalue weighted by molar-refractivity contribution is 5.69. The number of hydrogen-bond donors (Lipinski definition) is 0. The van der Waals surface area contributed by atoms with Gasteiger partial charge in [0.15, 0.2) is 0 Å². The molecular formula is C16H24N2O2. The molecule has 0 saturated carbocycles. The topological polar surface area (TPSA) is 42.4 Å². The fourth-order valence-electron chi connectivity index (χ4n) is 2.52. The number of amides is 1.